The fraction of sp³-hybridized carbons (Fsp3) is 0.143. The van der Waals surface area contributed by atoms with Gasteiger partial charge in [0.1, 0.15) is 12.3 Å². The van der Waals surface area contributed by atoms with Crippen LogP contribution in [0.1, 0.15) is 20.9 Å². The van der Waals surface area contributed by atoms with Crippen molar-refractivity contribution >= 4 is 28.8 Å². The Bertz CT molecular complexity index is 656. The van der Waals surface area contributed by atoms with Gasteiger partial charge in [-0.15, -0.1) is 11.3 Å². The average molecular weight is 307 g/mol. The van der Waals surface area contributed by atoms with E-state index in [9.17, 15) is 4.79 Å². The van der Waals surface area contributed by atoms with Crippen molar-refractivity contribution in [3.05, 3.63) is 50.9 Å². The Balaban J connectivity index is 1.95. The highest BCUT2D eigenvalue weighted by Gasteiger charge is 2.07. The molecular formula is C14H11ClN2O2S. The molecule has 0 aliphatic heterocycles. The summed E-state index contributed by atoms with van der Waals surface area (Å²) in [4.78, 5) is 16.9. The smallest absolute Gasteiger partial charge is 0.270 e. The van der Waals surface area contributed by atoms with Crippen molar-refractivity contribution in [2.75, 3.05) is 6.61 Å². The maximum absolute atomic E-state index is 11.9. The summed E-state index contributed by atoms with van der Waals surface area (Å²) >= 11 is 7.24. The Morgan fingerprint density at radius 3 is 2.85 bits per heavy atom. The number of aromatic nitrogens is 1. The molecule has 2 aromatic rings. The van der Waals surface area contributed by atoms with Gasteiger partial charge < -0.3 is 10.4 Å². The molecule has 0 aliphatic rings. The van der Waals surface area contributed by atoms with Gasteiger partial charge in [0.25, 0.3) is 5.91 Å². The molecule has 2 aromatic heterocycles. The van der Waals surface area contributed by atoms with Crippen LogP contribution in [0.2, 0.25) is 4.34 Å². The van der Waals surface area contributed by atoms with Crippen molar-refractivity contribution < 1.29 is 9.90 Å². The quantitative estimate of drug-likeness (QED) is 0.853. The van der Waals surface area contributed by atoms with Crippen molar-refractivity contribution in [2.24, 2.45) is 0 Å². The number of nitrogens with one attached hydrogen (secondary N) is 1. The van der Waals surface area contributed by atoms with E-state index in [-0.39, 0.29) is 12.5 Å². The standard InChI is InChI=1S/C14H11ClN2O2S/c15-13-6-4-11(20-13)9-17-14(19)12-5-3-10(8-16-12)2-1-7-18/h3-6,8,18H,7,9H2,(H,17,19). The van der Waals surface area contributed by atoms with E-state index in [2.05, 4.69) is 22.1 Å². The van der Waals surface area contributed by atoms with Gasteiger partial charge in [-0.2, -0.15) is 0 Å². The minimum absolute atomic E-state index is 0.203. The number of aliphatic hydroxyl groups is 1. The Kier molecular flexibility index (Phi) is 5.13. The van der Waals surface area contributed by atoms with Crippen molar-refractivity contribution in [3.8, 4) is 11.8 Å². The first-order valence-electron chi connectivity index (χ1n) is 5.77. The zero-order chi connectivity index (χ0) is 14.4. The molecule has 2 rings (SSSR count). The van der Waals surface area contributed by atoms with Crippen molar-refractivity contribution in [2.45, 2.75) is 6.54 Å². The van der Waals surface area contributed by atoms with Gasteiger partial charge in [-0.05, 0) is 24.3 Å². The van der Waals surface area contributed by atoms with Gasteiger partial charge in [0.05, 0.1) is 10.9 Å². The third kappa shape index (κ3) is 4.07. The number of nitrogens with zero attached hydrogens (tertiary/aromatic N) is 1. The molecule has 6 heteroatoms. The van der Waals surface area contributed by atoms with Crippen LogP contribution in [0.3, 0.4) is 0 Å². The van der Waals surface area contributed by atoms with E-state index in [1.807, 2.05) is 6.07 Å². The number of hydrogen-bond donors (Lipinski definition) is 2. The summed E-state index contributed by atoms with van der Waals surface area (Å²) in [7, 11) is 0. The lowest BCUT2D eigenvalue weighted by atomic mass is 10.2. The Morgan fingerprint density at radius 2 is 2.25 bits per heavy atom. The van der Waals surface area contributed by atoms with Crippen molar-refractivity contribution in [1.29, 1.82) is 0 Å². The fourth-order valence-electron chi connectivity index (χ4n) is 1.45. The molecule has 1 amide bonds. The van der Waals surface area contributed by atoms with Gasteiger partial charge >= 0.3 is 0 Å². The van der Waals surface area contributed by atoms with E-state index in [1.54, 1.807) is 18.2 Å². The van der Waals surface area contributed by atoms with Gasteiger partial charge in [0.2, 0.25) is 0 Å². The van der Waals surface area contributed by atoms with Gasteiger partial charge in [0.15, 0.2) is 0 Å². The van der Waals surface area contributed by atoms with Crippen LogP contribution < -0.4 is 5.32 Å². The minimum Gasteiger partial charge on any atom is -0.384 e. The molecule has 0 spiro atoms. The number of rotatable bonds is 3. The van der Waals surface area contributed by atoms with E-state index >= 15 is 0 Å². The summed E-state index contributed by atoms with van der Waals surface area (Å²) < 4.78 is 0.694. The number of hydrogen-bond acceptors (Lipinski definition) is 4. The molecule has 0 bridgehead atoms. The second-order valence-corrected chi connectivity index (χ2v) is 5.58. The average Bonchev–Trinajstić information content (AvgIpc) is 2.89. The van der Waals surface area contributed by atoms with E-state index in [0.29, 0.717) is 22.1 Å². The van der Waals surface area contributed by atoms with Crippen molar-refractivity contribution in [3.63, 3.8) is 0 Å². The first-order valence-corrected chi connectivity index (χ1v) is 6.96. The number of aliphatic hydroxyl groups excluding tert-OH is 1. The van der Waals surface area contributed by atoms with Gasteiger partial charge in [-0.1, -0.05) is 23.4 Å². The number of thiophene rings is 1. The van der Waals surface area contributed by atoms with E-state index in [1.165, 1.54) is 17.5 Å². The molecule has 2 N–H and O–H groups in total. The SMILES string of the molecule is O=C(NCc1ccc(Cl)s1)c1ccc(C#CCO)cn1. The first-order chi connectivity index (χ1) is 9.69. The summed E-state index contributed by atoms with van der Waals surface area (Å²) in [6.07, 6.45) is 1.50. The minimum atomic E-state index is -0.254. The molecule has 4 nitrogen and oxygen atoms in total. The molecule has 102 valence electrons. The molecule has 0 radical (unpaired) electrons. The monoisotopic (exact) mass is 306 g/mol. The normalized spacial score (nSPS) is 9.70. The van der Waals surface area contributed by atoms with Gasteiger partial charge in [-0.3, -0.25) is 4.79 Å². The molecule has 0 aromatic carbocycles. The van der Waals surface area contributed by atoms with Crippen LogP contribution in [0, 0.1) is 11.8 Å². The van der Waals surface area contributed by atoms with Crippen LogP contribution in [0.5, 0.6) is 0 Å². The Labute approximate surface area is 125 Å². The van der Waals surface area contributed by atoms with Gasteiger partial charge in [-0.25, -0.2) is 4.98 Å². The lowest BCUT2D eigenvalue weighted by Crippen LogP contribution is -2.23. The fourth-order valence-corrected chi connectivity index (χ4v) is 2.48. The predicted molar refractivity (Wildman–Crippen MR) is 78.7 cm³/mol. The van der Waals surface area contributed by atoms with Crippen LogP contribution in [0.4, 0.5) is 0 Å². The maximum Gasteiger partial charge on any atom is 0.270 e. The van der Waals surface area contributed by atoms with E-state index < -0.39 is 0 Å². The molecule has 0 unspecified atom stereocenters. The van der Waals surface area contributed by atoms with Crippen LogP contribution in [0.15, 0.2) is 30.5 Å². The number of pyridine rings is 1. The molecule has 2 heterocycles. The molecule has 0 saturated heterocycles. The second-order valence-electron chi connectivity index (χ2n) is 3.78. The van der Waals surface area contributed by atoms with Crippen LogP contribution in [-0.4, -0.2) is 22.6 Å². The predicted octanol–water partition coefficient (Wildman–Crippen LogP) is 2.07. The molecule has 0 aliphatic carbocycles. The highest BCUT2D eigenvalue weighted by Crippen LogP contribution is 2.21. The second kappa shape index (κ2) is 7.06. The molecule has 20 heavy (non-hydrogen) atoms. The zero-order valence-corrected chi connectivity index (χ0v) is 12.0. The summed E-state index contributed by atoms with van der Waals surface area (Å²) in [5.74, 6) is 4.98. The Hall–Kier alpha value is -1.87. The van der Waals surface area contributed by atoms with Crippen LogP contribution in [0.25, 0.3) is 0 Å². The topological polar surface area (TPSA) is 62.2 Å². The highest BCUT2D eigenvalue weighted by molar-refractivity contribution is 7.16. The molecular weight excluding hydrogens is 296 g/mol. The first kappa shape index (κ1) is 14.5. The Morgan fingerprint density at radius 1 is 1.40 bits per heavy atom. The van der Waals surface area contributed by atoms with Gasteiger partial charge in [0, 0.05) is 16.6 Å². The third-order valence-electron chi connectivity index (χ3n) is 2.36. The number of carbonyl (C=O) groups excluding carboxylic acids is 1. The summed E-state index contributed by atoms with van der Waals surface area (Å²) in [5, 5.41) is 11.3. The zero-order valence-electron chi connectivity index (χ0n) is 10.4. The lowest BCUT2D eigenvalue weighted by Gasteiger charge is -2.02. The summed E-state index contributed by atoms with van der Waals surface area (Å²) in [6.45, 7) is 0.218. The molecule has 0 atom stereocenters. The lowest BCUT2D eigenvalue weighted by molar-refractivity contribution is 0.0946. The molecule has 0 saturated carbocycles. The van der Waals surface area contributed by atoms with Crippen LogP contribution >= 0.6 is 22.9 Å². The molecule has 0 fully saturated rings. The van der Waals surface area contributed by atoms with E-state index in [4.69, 9.17) is 16.7 Å². The number of halogens is 1. The maximum atomic E-state index is 11.9. The largest absolute Gasteiger partial charge is 0.384 e. The summed E-state index contributed by atoms with van der Waals surface area (Å²) in [6, 6.07) is 6.94. The van der Waals surface area contributed by atoms with E-state index in [0.717, 1.165) is 4.88 Å². The third-order valence-corrected chi connectivity index (χ3v) is 3.59. The number of amides is 1. The summed E-state index contributed by atoms with van der Waals surface area (Å²) in [5.41, 5.74) is 0.975. The van der Waals surface area contributed by atoms with Crippen molar-refractivity contribution in [1.82, 2.24) is 10.3 Å². The highest BCUT2D eigenvalue weighted by atomic mass is 35.5. The van der Waals surface area contributed by atoms with Crippen LogP contribution in [-0.2, 0) is 6.54 Å². The number of carbonyl (C=O) groups is 1.